The van der Waals surface area contributed by atoms with Crippen LogP contribution in [0, 0.1) is 0 Å². The summed E-state index contributed by atoms with van der Waals surface area (Å²) in [6, 6.07) is 0. The van der Waals surface area contributed by atoms with Gasteiger partial charge in [-0.1, -0.05) is 0 Å². The predicted molar refractivity (Wildman–Crippen MR) is 5.31 cm³/mol. The summed E-state index contributed by atoms with van der Waals surface area (Å²) in [6.07, 6.45) is 0. The van der Waals surface area contributed by atoms with Crippen LogP contribution in [0.5, 0.6) is 0 Å². The van der Waals surface area contributed by atoms with Crippen LogP contribution in [0.1, 0.15) is 0 Å². The molecule has 0 unspecified atom stereocenters. The number of hydrogen-bond donors (Lipinski definition) is 0. The van der Waals surface area contributed by atoms with E-state index in [4.69, 9.17) is 0 Å². The van der Waals surface area contributed by atoms with Gasteiger partial charge < -0.3 is 0 Å². The van der Waals surface area contributed by atoms with Crippen LogP contribution in [0.4, 0.5) is 0 Å². The normalized spacial score (nSPS) is 32.7. The summed E-state index contributed by atoms with van der Waals surface area (Å²) in [7, 11) is 0. The van der Waals surface area contributed by atoms with Crippen molar-refractivity contribution >= 4 is 0 Å². The van der Waals surface area contributed by atoms with Crippen LogP contribution in [0.15, 0.2) is 0 Å². The van der Waals surface area contributed by atoms with Crippen molar-refractivity contribution in [2.24, 2.45) is 0 Å². The molecule has 1 fully saturated rings. The molecular weight excluding hydrogens is 264 g/mol. The number of hydrogen-bond acceptors (Lipinski definition) is 6. The average molecular weight is 264 g/mol. The molecule has 0 aliphatic carbocycles. The Hall–Kier alpha value is 0.838. The van der Waals surface area contributed by atoms with Crippen LogP contribution in [0.25, 0.3) is 0 Å². The molecule has 60 valence electrons. The fourth-order valence-corrected chi connectivity index (χ4v) is 3.28. The van der Waals surface area contributed by atoms with Crippen LogP contribution in [0.3, 0.4) is 0 Å². The Balaban J connectivity index is 2.64. The van der Waals surface area contributed by atoms with E-state index in [0.29, 0.717) is 0 Å². The first kappa shape index (κ1) is 7.94. The monoisotopic (exact) mass is 264 g/mol. The first-order valence-corrected chi connectivity index (χ1v) is 5.36. The van der Waals surface area contributed by atoms with Crippen molar-refractivity contribution in [2.45, 2.75) is 0 Å². The Morgan fingerprint density at radius 1 is 0.667 bits per heavy atom. The molecule has 1 aliphatic heterocycles. The summed E-state index contributed by atoms with van der Waals surface area (Å²) < 4.78 is 42.5. The van der Waals surface area contributed by atoms with Crippen LogP contribution in [-0.4, -0.2) is 0 Å². The zero-order valence-corrected chi connectivity index (χ0v) is 6.82. The molecule has 1 rings (SSSR count). The first-order chi connectivity index (χ1) is 4.18. The van der Waals surface area contributed by atoms with Crippen molar-refractivity contribution in [2.75, 3.05) is 0 Å². The van der Waals surface area contributed by atoms with Gasteiger partial charge in [0.1, 0.15) is 0 Å². The van der Waals surface area contributed by atoms with Gasteiger partial charge >= 0.3 is 63.7 Å². The summed E-state index contributed by atoms with van der Waals surface area (Å²) in [5, 5.41) is 0. The Bertz CT molecular complexity index is 135. The van der Waals surface area contributed by atoms with Gasteiger partial charge in [-0.2, -0.15) is 0 Å². The van der Waals surface area contributed by atoms with Crippen molar-refractivity contribution in [3.8, 4) is 0 Å². The second-order valence-electron chi connectivity index (χ2n) is 0.683. The first-order valence-electron chi connectivity index (χ1n) is 1.30. The standard InChI is InChI=1S/3Fe.6O. The quantitative estimate of drug-likeness (QED) is 0.545. The van der Waals surface area contributed by atoms with Gasteiger partial charge in [-0.25, -0.2) is 0 Å². The van der Waals surface area contributed by atoms with E-state index in [9.17, 15) is 11.5 Å². The van der Waals surface area contributed by atoms with Crippen molar-refractivity contribution < 1.29 is 63.7 Å². The minimum atomic E-state index is -2.66. The van der Waals surface area contributed by atoms with Crippen molar-refractivity contribution in [3.63, 3.8) is 0 Å². The summed E-state index contributed by atoms with van der Waals surface area (Å²) in [5.41, 5.74) is 0. The molecule has 6 nitrogen and oxygen atoms in total. The van der Waals surface area contributed by atoms with Crippen LogP contribution in [0.2, 0.25) is 0 Å². The van der Waals surface area contributed by atoms with Crippen molar-refractivity contribution in [1.29, 1.82) is 0 Å². The molecule has 0 aromatic carbocycles. The fraction of sp³-hybridized carbons (Fsp3) is 0. The van der Waals surface area contributed by atoms with E-state index >= 15 is 0 Å². The molecule has 1 aliphatic rings. The number of rotatable bonds is 0. The third-order valence-corrected chi connectivity index (χ3v) is 4.25. The Morgan fingerprint density at radius 3 is 1.11 bits per heavy atom. The zero-order valence-electron chi connectivity index (χ0n) is 3.51. The molecule has 9 heteroatoms. The van der Waals surface area contributed by atoms with Gasteiger partial charge in [0.05, 0.1) is 0 Å². The second kappa shape index (κ2) is 3.29. The van der Waals surface area contributed by atoms with Gasteiger partial charge in [-0.05, 0) is 0 Å². The van der Waals surface area contributed by atoms with Crippen LogP contribution in [-0.2, 0) is 63.7 Å². The minimum absolute atomic E-state index is 2.66. The molecule has 0 spiro atoms. The Morgan fingerprint density at radius 2 is 0.889 bits per heavy atom. The van der Waals surface area contributed by atoms with Gasteiger partial charge in [0.15, 0.2) is 0 Å². The third-order valence-electron chi connectivity index (χ3n) is 0.250. The summed E-state index contributed by atoms with van der Waals surface area (Å²) in [6.45, 7) is 0. The molecule has 0 N–H and O–H groups in total. The fourth-order valence-electron chi connectivity index (χ4n) is 0.124. The molecule has 1 heterocycles. The molecule has 0 saturated carbocycles. The van der Waals surface area contributed by atoms with E-state index in [2.05, 4.69) is 8.70 Å². The predicted octanol–water partition coefficient (Wildman–Crippen LogP) is -0.569. The average Bonchev–Trinajstić information content (AvgIpc) is 1.59. The van der Waals surface area contributed by atoms with E-state index in [0.717, 1.165) is 0 Å². The van der Waals surface area contributed by atoms with E-state index in [1.54, 1.807) is 0 Å². The van der Waals surface area contributed by atoms with Gasteiger partial charge in [0, 0.05) is 0 Å². The molecule has 0 atom stereocenters. The van der Waals surface area contributed by atoms with Crippen LogP contribution >= 0.6 is 0 Å². The molecule has 0 aromatic rings. The molecule has 0 amide bonds. The van der Waals surface area contributed by atoms with E-state index < -0.39 is 43.5 Å². The van der Waals surface area contributed by atoms with E-state index in [-0.39, 0.29) is 0 Å². The second-order valence-corrected chi connectivity index (χ2v) is 4.79. The maximum atomic E-state index is 10.2. The SMILES string of the molecule is [O]=[Fe]1[O][Fe](=[O])[O][Fe](=[O])[O]1. The molecule has 0 aromatic heterocycles. The maximum absolute atomic E-state index is 10.2. The van der Waals surface area contributed by atoms with Gasteiger partial charge in [0.25, 0.3) is 0 Å². The molecular formula is Fe3O6. The summed E-state index contributed by atoms with van der Waals surface area (Å²) in [5.74, 6) is 0. The topological polar surface area (TPSA) is 78.9 Å². The molecule has 0 radical (unpaired) electrons. The third kappa shape index (κ3) is 2.51. The van der Waals surface area contributed by atoms with E-state index in [1.165, 1.54) is 0 Å². The Labute approximate surface area is 63.7 Å². The Kier molecular flexibility index (Phi) is 2.91. The van der Waals surface area contributed by atoms with E-state index in [1.807, 2.05) is 0 Å². The van der Waals surface area contributed by atoms with Crippen molar-refractivity contribution in [1.82, 2.24) is 0 Å². The van der Waals surface area contributed by atoms with Crippen LogP contribution < -0.4 is 0 Å². The van der Waals surface area contributed by atoms with Gasteiger partial charge in [-0.3, -0.25) is 0 Å². The van der Waals surface area contributed by atoms with Gasteiger partial charge in [0.2, 0.25) is 0 Å². The molecule has 9 heavy (non-hydrogen) atoms. The zero-order chi connectivity index (χ0) is 6.85. The summed E-state index contributed by atoms with van der Waals surface area (Å²) >= 11 is -7.97. The van der Waals surface area contributed by atoms with Gasteiger partial charge in [-0.15, -0.1) is 0 Å². The molecule has 0 bridgehead atoms. The molecule has 1 saturated heterocycles. The summed E-state index contributed by atoms with van der Waals surface area (Å²) in [4.78, 5) is 0. The van der Waals surface area contributed by atoms with Crippen molar-refractivity contribution in [3.05, 3.63) is 0 Å².